The number of aryl methyl sites for hydroxylation is 2. The Morgan fingerprint density at radius 1 is 1.05 bits per heavy atom. The van der Waals surface area contributed by atoms with Crippen LogP contribution in [0.4, 0.5) is 0 Å². The molecule has 1 aliphatic carbocycles. The summed E-state index contributed by atoms with van der Waals surface area (Å²) in [5, 5.41) is 5.23. The molecule has 1 aromatic heterocycles. The second-order valence-corrected chi connectivity index (χ2v) is 6.57. The van der Waals surface area contributed by atoms with Crippen LogP contribution in [0.2, 0.25) is 0 Å². The van der Waals surface area contributed by atoms with Gasteiger partial charge in [-0.3, -0.25) is 0 Å². The summed E-state index contributed by atoms with van der Waals surface area (Å²) in [6.07, 6.45) is 9.77. The first kappa shape index (κ1) is 14.6. The van der Waals surface area contributed by atoms with Gasteiger partial charge in [0.25, 0.3) is 0 Å². The van der Waals surface area contributed by atoms with Gasteiger partial charge in [0.1, 0.15) is 0 Å². The lowest BCUT2D eigenvalue weighted by atomic mass is 9.96. The Labute approximate surface area is 128 Å². The molecule has 0 saturated heterocycles. The van der Waals surface area contributed by atoms with Crippen molar-refractivity contribution in [1.82, 2.24) is 9.88 Å². The molecule has 1 heterocycles. The van der Waals surface area contributed by atoms with Gasteiger partial charge >= 0.3 is 0 Å². The van der Waals surface area contributed by atoms with Crippen molar-refractivity contribution in [3.63, 3.8) is 0 Å². The highest BCUT2D eigenvalue weighted by molar-refractivity contribution is 5.85. The van der Waals surface area contributed by atoms with Crippen LogP contribution in [0.15, 0.2) is 24.3 Å². The summed E-state index contributed by atoms with van der Waals surface area (Å²) >= 11 is 0. The van der Waals surface area contributed by atoms with Crippen LogP contribution < -0.4 is 5.32 Å². The maximum atomic E-state index is 3.83. The number of nitrogens with one attached hydrogen (secondary N) is 1. The van der Waals surface area contributed by atoms with E-state index in [1.165, 1.54) is 67.1 Å². The van der Waals surface area contributed by atoms with E-state index in [9.17, 15) is 0 Å². The lowest BCUT2D eigenvalue weighted by Crippen LogP contribution is -2.30. The molecule has 1 aliphatic rings. The Morgan fingerprint density at radius 3 is 2.43 bits per heavy atom. The van der Waals surface area contributed by atoms with E-state index in [-0.39, 0.29) is 0 Å². The number of benzene rings is 1. The number of nitrogens with zero attached hydrogens (tertiary/aromatic N) is 1. The first-order valence-electron chi connectivity index (χ1n) is 8.53. The molecule has 3 rings (SSSR count). The molecular weight excluding hydrogens is 256 g/mol. The zero-order chi connectivity index (χ0) is 14.7. The fourth-order valence-corrected chi connectivity index (χ4v) is 3.79. The van der Waals surface area contributed by atoms with Gasteiger partial charge in [-0.25, -0.2) is 0 Å². The van der Waals surface area contributed by atoms with E-state index in [0.717, 1.165) is 6.54 Å². The van der Waals surface area contributed by atoms with Crippen LogP contribution in [0.1, 0.15) is 56.2 Å². The highest BCUT2D eigenvalue weighted by Crippen LogP contribution is 2.25. The molecule has 0 atom stereocenters. The van der Waals surface area contributed by atoms with Gasteiger partial charge in [-0.05, 0) is 31.4 Å². The quantitative estimate of drug-likeness (QED) is 0.865. The standard InChI is InChI=1S/C19H28N2/c1-15-17-12-8-9-13-18(17)21(2)19(15)14-20-16-10-6-4-3-5-7-11-16/h8-9,12-13,16,20H,3-7,10-11,14H2,1-2H3. The second kappa shape index (κ2) is 6.65. The molecule has 0 bridgehead atoms. The number of hydrogen-bond donors (Lipinski definition) is 1. The Kier molecular flexibility index (Phi) is 4.64. The monoisotopic (exact) mass is 284 g/mol. The van der Waals surface area contributed by atoms with E-state index < -0.39 is 0 Å². The topological polar surface area (TPSA) is 17.0 Å². The van der Waals surface area contributed by atoms with Crippen molar-refractivity contribution >= 4 is 10.9 Å². The van der Waals surface area contributed by atoms with Gasteiger partial charge in [-0.2, -0.15) is 0 Å². The SMILES string of the molecule is Cc1c(CNC2CCCCCCC2)n(C)c2ccccc12. The highest BCUT2D eigenvalue weighted by atomic mass is 15.0. The minimum atomic E-state index is 0.711. The third-order valence-corrected chi connectivity index (χ3v) is 5.17. The molecule has 1 N–H and O–H groups in total. The number of para-hydroxylation sites is 1. The van der Waals surface area contributed by atoms with Crippen molar-refractivity contribution < 1.29 is 0 Å². The van der Waals surface area contributed by atoms with Gasteiger partial charge in [0, 0.05) is 36.2 Å². The molecule has 2 heteroatoms. The Hall–Kier alpha value is -1.28. The fourth-order valence-electron chi connectivity index (χ4n) is 3.79. The smallest absolute Gasteiger partial charge is 0.0483 e. The average Bonchev–Trinajstić information content (AvgIpc) is 2.71. The third-order valence-electron chi connectivity index (χ3n) is 5.17. The summed E-state index contributed by atoms with van der Waals surface area (Å²) in [6.45, 7) is 3.26. The summed E-state index contributed by atoms with van der Waals surface area (Å²) in [5.41, 5.74) is 4.23. The van der Waals surface area contributed by atoms with Gasteiger partial charge < -0.3 is 9.88 Å². The van der Waals surface area contributed by atoms with E-state index in [0.29, 0.717) is 6.04 Å². The average molecular weight is 284 g/mol. The Morgan fingerprint density at radius 2 is 1.71 bits per heavy atom. The van der Waals surface area contributed by atoms with E-state index in [4.69, 9.17) is 0 Å². The molecule has 0 amide bonds. The van der Waals surface area contributed by atoms with Crippen LogP contribution in [0.25, 0.3) is 10.9 Å². The number of hydrogen-bond acceptors (Lipinski definition) is 1. The fraction of sp³-hybridized carbons (Fsp3) is 0.579. The van der Waals surface area contributed by atoms with Gasteiger partial charge in [0.05, 0.1) is 0 Å². The summed E-state index contributed by atoms with van der Waals surface area (Å²) in [4.78, 5) is 0. The van der Waals surface area contributed by atoms with E-state index >= 15 is 0 Å². The molecule has 1 saturated carbocycles. The van der Waals surface area contributed by atoms with Gasteiger partial charge in [-0.15, -0.1) is 0 Å². The van der Waals surface area contributed by atoms with Crippen LogP contribution in [-0.2, 0) is 13.6 Å². The lowest BCUT2D eigenvalue weighted by molar-refractivity contribution is 0.386. The van der Waals surface area contributed by atoms with Crippen LogP contribution in [-0.4, -0.2) is 10.6 Å². The Balaban J connectivity index is 1.72. The number of aromatic nitrogens is 1. The molecule has 1 aromatic carbocycles. The zero-order valence-corrected chi connectivity index (χ0v) is 13.5. The van der Waals surface area contributed by atoms with Crippen molar-refractivity contribution in [1.29, 1.82) is 0 Å². The third kappa shape index (κ3) is 3.16. The summed E-state index contributed by atoms with van der Waals surface area (Å²) in [6, 6.07) is 9.45. The molecule has 0 unspecified atom stereocenters. The van der Waals surface area contributed by atoms with Crippen molar-refractivity contribution in [3.05, 3.63) is 35.5 Å². The van der Waals surface area contributed by atoms with E-state index in [1.54, 1.807) is 0 Å². The van der Waals surface area contributed by atoms with Gasteiger partial charge in [0.15, 0.2) is 0 Å². The first-order chi connectivity index (χ1) is 10.3. The van der Waals surface area contributed by atoms with Crippen LogP contribution >= 0.6 is 0 Å². The van der Waals surface area contributed by atoms with Gasteiger partial charge in [-0.1, -0.05) is 50.3 Å². The van der Waals surface area contributed by atoms with Gasteiger partial charge in [0.2, 0.25) is 0 Å². The minimum absolute atomic E-state index is 0.711. The molecule has 2 aromatic rings. The van der Waals surface area contributed by atoms with Crippen molar-refractivity contribution in [3.8, 4) is 0 Å². The zero-order valence-electron chi connectivity index (χ0n) is 13.5. The van der Waals surface area contributed by atoms with Crippen molar-refractivity contribution in [2.75, 3.05) is 0 Å². The van der Waals surface area contributed by atoms with Crippen LogP contribution in [0, 0.1) is 6.92 Å². The van der Waals surface area contributed by atoms with Crippen LogP contribution in [0.5, 0.6) is 0 Å². The minimum Gasteiger partial charge on any atom is -0.346 e. The largest absolute Gasteiger partial charge is 0.346 e. The molecular formula is C19H28N2. The predicted octanol–water partition coefficient (Wildman–Crippen LogP) is 4.69. The van der Waals surface area contributed by atoms with E-state index in [2.05, 4.69) is 48.1 Å². The Bertz CT molecular complexity index is 550. The molecule has 1 fully saturated rings. The first-order valence-corrected chi connectivity index (χ1v) is 8.53. The molecule has 0 radical (unpaired) electrons. The van der Waals surface area contributed by atoms with Crippen molar-refractivity contribution in [2.45, 2.75) is 64.5 Å². The second-order valence-electron chi connectivity index (χ2n) is 6.57. The molecule has 0 spiro atoms. The molecule has 21 heavy (non-hydrogen) atoms. The molecule has 0 aliphatic heterocycles. The molecule has 114 valence electrons. The highest BCUT2D eigenvalue weighted by Gasteiger charge is 2.14. The van der Waals surface area contributed by atoms with E-state index in [1.807, 2.05) is 0 Å². The summed E-state index contributed by atoms with van der Waals surface area (Å²) < 4.78 is 2.36. The predicted molar refractivity (Wildman–Crippen MR) is 90.6 cm³/mol. The maximum Gasteiger partial charge on any atom is 0.0483 e. The number of rotatable bonds is 3. The van der Waals surface area contributed by atoms with Crippen LogP contribution in [0.3, 0.4) is 0 Å². The summed E-state index contributed by atoms with van der Waals surface area (Å²) in [7, 11) is 2.20. The number of fused-ring (bicyclic) bond motifs is 1. The summed E-state index contributed by atoms with van der Waals surface area (Å²) in [5.74, 6) is 0. The lowest BCUT2D eigenvalue weighted by Gasteiger charge is -2.21. The molecule has 2 nitrogen and oxygen atoms in total. The van der Waals surface area contributed by atoms with Crippen molar-refractivity contribution in [2.24, 2.45) is 7.05 Å². The maximum absolute atomic E-state index is 3.83. The normalized spacial score (nSPS) is 17.8.